The van der Waals surface area contributed by atoms with Crippen molar-refractivity contribution >= 4 is 10.2 Å². The second kappa shape index (κ2) is 5.91. The minimum atomic E-state index is -3.34. The minimum Gasteiger partial charge on any atom is -0.396 e. The summed E-state index contributed by atoms with van der Waals surface area (Å²) in [6.07, 6.45) is 6.01. The summed E-state index contributed by atoms with van der Waals surface area (Å²) in [5.41, 5.74) is -0.340. The molecule has 1 N–H and O–H groups in total. The molecule has 19 heavy (non-hydrogen) atoms. The first-order chi connectivity index (χ1) is 9.04. The van der Waals surface area contributed by atoms with Crippen molar-refractivity contribution in [1.82, 2.24) is 8.61 Å². The van der Waals surface area contributed by atoms with E-state index in [0.29, 0.717) is 32.6 Å². The maximum atomic E-state index is 12.5. The number of hydrogen-bond donors (Lipinski definition) is 1. The van der Waals surface area contributed by atoms with Gasteiger partial charge >= 0.3 is 0 Å². The molecule has 0 amide bonds. The molecular weight excluding hydrogens is 264 g/mol. The first kappa shape index (κ1) is 15.0. The average molecular weight is 288 g/mol. The van der Waals surface area contributed by atoms with E-state index in [1.165, 1.54) is 0 Å². The van der Waals surface area contributed by atoms with Crippen LogP contribution >= 0.6 is 0 Å². The number of aliphatic hydroxyl groups excluding tert-OH is 1. The number of hydrogen-bond acceptors (Lipinski definition) is 3. The fraction of sp³-hybridized carbons (Fsp3) is 0.846. The maximum Gasteiger partial charge on any atom is 0.281 e. The fourth-order valence-corrected chi connectivity index (χ4v) is 4.95. The zero-order valence-electron chi connectivity index (χ0n) is 11.4. The lowest BCUT2D eigenvalue weighted by atomic mass is 9.79. The van der Waals surface area contributed by atoms with Gasteiger partial charge in [-0.15, -0.1) is 6.58 Å². The molecule has 0 bridgehead atoms. The molecule has 2 fully saturated rings. The topological polar surface area (TPSA) is 60.9 Å². The van der Waals surface area contributed by atoms with Crippen LogP contribution in [0.2, 0.25) is 0 Å². The monoisotopic (exact) mass is 288 g/mol. The predicted octanol–water partition coefficient (Wildman–Crippen LogP) is 0.978. The Morgan fingerprint density at radius 3 is 2.37 bits per heavy atom. The summed E-state index contributed by atoms with van der Waals surface area (Å²) in [6.45, 7) is 5.98. The van der Waals surface area contributed by atoms with Crippen LogP contribution in [-0.4, -0.2) is 54.9 Å². The normalized spacial score (nSPS) is 30.6. The zero-order chi connectivity index (χ0) is 13.9. The predicted molar refractivity (Wildman–Crippen MR) is 74.9 cm³/mol. The molecule has 0 aromatic heterocycles. The molecule has 0 aromatic carbocycles. The first-order valence-corrected chi connectivity index (χ1v) is 8.41. The molecule has 1 atom stereocenters. The summed E-state index contributed by atoms with van der Waals surface area (Å²) >= 11 is 0. The quantitative estimate of drug-likeness (QED) is 0.767. The van der Waals surface area contributed by atoms with Crippen molar-refractivity contribution in [2.45, 2.75) is 32.1 Å². The van der Waals surface area contributed by atoms with Gasteiger partial charge in [-0.25, -0.2) is 0 Å². The standard InChI is InChI=1S/C13H24N2O3S/c1-2-6-13(12-16)7-5-10-15(11-13)19(17,18)14-8-3-4-9-14/h2,16H,1,3-12H2. The molecule has 5 nitrogen and oxygen atoms in total. The number of aliphatic hydroxyl groups is 1. The minimum absolute atomic E-state index is 0.0189. The van der Waals surface area contributed by atoms with E-state index < -0.39 is 10.2 Å². The van der Waals surface area contributed by atoms with E-state index in [0.717, 1.165) is 25.7 Å². The third-order valence-electron chi connectivity index (χ3n) is 4.26. The largest absolute Gasteiger partial charge is 0.396 e. The molecule has 2 heterocycles. The van der Waals surface area contributed by atoms with E-state index in [1.807, 2.05) is 0 Å². The van der Waals surface area contributed by atoms with Gasteiger partial charge in [-0.1, -0.05) is 6.08 Å². The molecule has 0 aliphatic carbocycles. The summed E-state index contributed by atoms with van der Waals surface area (Å²) in [5.74, 6) is 0. The van der Waals surface area contributed by atoms with Crippen molar-refractivity contribution in [3.05, 3.63) is 12.7 Å². The van der Waals surface area contributed by atoms with Crippen molar-refractivity contribution in [1.29, 1.82) is 0 Å². The fourth-order valence-electron chi connectivity index (χ4n) is 3.11. The third-order valence-corrected chi connectivity index (χ3v) is 6.24. The van der Waals surface area contributed by atoms with Crippen molar-refractivity contribution < 1.29 is 13.5 Å². The molecule has 0 aromatic rings. The molecule has 1 unspecified atom stereocenters. The number of allylic oxidation sites excluding steroid dienone is 1. The lowest BCUT2D eigenvalue weighted by molar-refractivity contribution is 0.0648. The van der Waals surface area contributed by atoms with Gasteiger partial charge in [0.1, 0.15) is 0 Å². The Bertz CT molecular complexity index is 418. The molecular formula is C13H24N2O3S. The van der Waals surface area contributed by atoms with Crippen LogP contribution in [0.5, 0.6) is 0 Å². The van der Waals surface area contributed by atoms with Crippen LogP contribution in [0.25, 0.3) is 0 Å². The van der Waals surface area contributed by atoms with E-state index in [-0.39, 0.29) is 12.0 Å². The van der Waals surface area contributed by atoms with E-state index in [9.17, 15) is 13.5 Å². The van der Waals surface area contributed by atoms with Crippen LogP contribution in [0.4, 0.5) is 0 Å². The number of nitrogens with zero attached hydrogens (tertiary/aromatic N) is 2. The summed E-state index contributed by atoms with van der Waals surface area (Å²) < 4.78 is 28.2. The molecule has 2 saturated heterocycles. The molecule has 2 rings (SSSR count). The highest BCUT2D eigenvalue weighted by Crippen LogP contribution is 2.35. The van der Waals surface area contributed by atoms with E-state index in [1.54, 1.807) is 14.7 Å². The Balaban J connectivity index is 2.13. The highest BCUT2D eigenvalue weighted by molar-refractivity contribution is 7.86. The Labute approximate surface area is 116 Å². The molecule has 0 radical (unpaired) electrons. The van der Waals surface area contributed by atoms with Gasteiger partial charge < -0.3 is 5.11 Å². The second-order valence-corrected chi connectivity index (χ2v) is 7.63. The van der Waals surface area contributed by atoms with Crippen molar-refractivity contribution in [2.24, 2.45) is 5.41 Å². The number of rotatable bonds is 5. The lowest BCUT2D eigenvalue weighted by Gasteiger charge is -2.41. The van der Waals surface area contributed by atoms with Crippen molar-refractivity contribution in [2.75, 3.05) is 32.8 Å². The van der Waals surface area contributed by atoms with Gasteiger partial charge in [0.25, 0.3) is 10.2 Å². The maximum absolute atomic E-state index is 12.5. The molecule has 110 valence electrons. The van der Waals surface area contributed by atoms with Gasteiger partial charge in [0.2, 0.25) is 0 Å². The van der Waals surface area contributed by atoms with Gasteiger partial charge in [0.15, 0.2) is 0 Å². The van der Waals surface area contributed by atoms with E-state index in [4.69, 9.17) is 0 Å². The van der Waals surface area contributed by atoms with E-state index in [2.05, 4.69) is 6.58 Å². The Morgan fingerprint density at radius 1 is 1.16 bits per heavy atom. The molecule has 2 aliphatic heterocycles. The Morgan fingerprint density at radius 2 is 1.79 bits per heavy atom. The zero-order valence-corrected chi connectivity index (χ0v) is 12.2. The van der Waals surface area contributed by atoms with Gasteiger partial charge in [-0.05, 0) is 32.1 Å². The summed E-state index contributed by atoms with van der Waals surface area (Å²) in [6, 6.07) is 0. The highest BCUT2D eigenvalue weighted by Gasteiger charge is 2.41. The number of piperidine rings is 1. The van der Waals surface area contributed by atoms with E-state index >= 15 is 0 Å². The average Bonchev–Trinajstić information content (AvgIpc) is 2.94. The Kier molecular flexibility index (Phi) is 4.66. The summed E-state index contributed by atoms with van der Waals surface area (Å²) in [7, 11) is -3.34. The smallest absolute Gasteiger partial charge is 0.281 e. The van der Waals surface area contributed by atoms with Crippen LogP contribution in [0.3, 0.4) is 0 Å². The van der Waals surface area contributed by atoms with Crippen LogP contribution in [-0.2, 0) is 10.2 Å². The van der Waals surface area contributed by atoms with Gasteiger partial charge in [0.05, 0.1) is 6.61 Å². The van der Waals surface area contributed by atoms with Crippen LogP contribution in [0.1, 0.15) is 32.1 Å². The SMILES string of the molecule is C=CCC1(CO)CCCN(S(=O)(=O)N2CCCC2)C1. The second-order valence-electron chi connectivity index (χ2n) is 5.70. The highest BCUT2D eigenvalue weighted by atomic mass is 32.2. The molecule has 0 spiro atoms. The molecule has 0 saturated carbocycles. The van der Waals surface area contributed by atoms with Crippen LogP contribution in [0, 0.1) is 5.41 Å². The van der Waals surface area contributed by atoms with Gasteiger partial charge in [-0.3, -0.25) is 0 Å². The van der Waals surface area contributed by atoms with Crippen molar-refractivity contribution in [3.8, 4) is 0 Å². The molecule has 6 heteroatoms. The van der Waals surface area contributed by atoms with Crippen LogP contribution in [0.15, 0.2) is 12.7 Å². The lowest BCUT2D eigenvalue weighted by Crippen LogP contribution is -2.51. The third kappa shape index (κ3) is 3.02. The van der Waals surface area contributed by atoms with Gasteiger partial charge in [-0.2, -0.15) is 17.0 Å². The summed E-state index contributed by atoms with van der Waals surface area (Å²) in [4.78, 5) is 0. The van der Waals surface area contributed by atoms with Crippen molar-refractivity contribution in [3.63, 3.8) is 0 Å². The first-order valence-electron chi connectivity index (χ1n) is 7.01. The van der Waals surface area contributed by atoms with Gasteiger partial charge in [0, 0.05) is 31.6 Å². The van der Waals surface area contributed by atoms with Crippen LogP contribution < -0.4 is 0 Å². The summed E-state index contributed by atoms with van der Waals surface area (Å²) in [5, 5.41) is 9.64. The molecule has 2 aliphatic rings. The Hall–Kier alpha value is -0.430.